The molecule has 0 spiro atoms. The van der Waals surface area contributed by atoms with E-state index < -0.39 is 0 Å². The average molecular weight is 1460 g/mol. The third-order valence-electron chi connectivity index (χ3n) is 17.1. The number of ether oxygens (including phenoxy) is 10. The second-order valence-electron chi connectivity index (χ2n) is 25.4. The molecule has 2 amide bonds. The summed E-state index contributed by atoms with van der Waals surface area (Å²) < 4.78 is 57.4. The maximum Gasteiger partial charge on any atom is 0.261 e. The molecule has 0 aromatic heterocycles. The van der Waals surface area contributed by atoms with Gasteiger partial charge in [-0.1, -0.05) is 91.7 Å². The fourth-order valence-electron chi connectivity index (χ4n) is 12.7. The van der Waals surface area contributed by atoms with Crippen LogP contribution in [0, 0.1) is 0 Å². The predicted octanol–water partition coefficient (Wildman–Crippen LogP) is 15.4. The highest BCUT2D eigenvalue weighted by molar-refractivity contribution is 8.77. The summed E-state index contributed by atoms with van der Waals surface area (Å²) in [6.07, 6.45) is 9.39. The largest absolute Gasteiger partial charge is 0.493 e. The van der Waals surface area contributed by atoms with E-state index in [1.54, 1.807) is 62.2 Å². The monoisotopic (exact) mass is 1460 g/mol. The third kappa shape index (κ3) is 20.8. The minimum atomic E-state index is -0.133. The number of alkyl halides is 2. The summed E-state index contributed by atoms with van der Waals surface area (Å²) in [5.74, 6) is 2.85. The van der Waals surface area contributed by atoms with E-state index in [1.165, 1.54) is 5.56 Å². The van der Waals surface area contributed by atoms with Gasteiger partial charge in [-0.2, -0.15) is 0 Å². The molecule has 4 aliphatic heterocycles. The van der Waals surface area contributed by atoms with Gasteiger partial charge in [-0.15, -0.1) is 23.2 Å². The van der Waals surface area contributed by atoms with Crippen molar-refractivity contribution in [3.05, 3.63) is 159 Å². The standard InChI is InChI=1S/C38H49ClN2O6S2.C37H46ClN3O6S2/c1-38(2,49-48-5)26-40(12-13-45-16-17-46-15-14-43-3)32-19-27(24-39)18-28(20-32)25-47-36-22-29-10-11-31-21-30-8-6-7-9-34(30)41(31)37(42)33(29)23-35(36)44-4;1-37(2,49-48-5)25-40(10-11-45-14-15-46-13-12-43-3)29-17-26(22-38)16-27(18-29)24-47-35-21-32-31(20-34(35)44-4)36(42)41-30(23-39-32)19-28-8-6-7-9-33(28)41/h6-9,18-20,22-23,31H,10-17,21,24-26H2,1-5H3;6-9,16-18,20-21,23,30H,10-15,19,22,24-25H2,1-5H3/t31-;30-/m10/s1. The lowest BCUT2D eigenvalue weighted by Crippen LogP contribution is -2.38. The summed E-state index contributed by atoms with van der Waals surface area (Å²) in [6.45, 7) is 18.2. The number of aryl methyl sites for hydroxylation is 1. The first kappa shape index (κ1) is 76.6. The fourth-order valence-corrected chi connectivity index (χ4v) is 17.3. The van der Waals surface area contributed by atoms with E-state index in [1.807, 2.05) is 86.1 Å². The molecule has 2 atom stereocenters. The van der Waals surface area contributed by atoms with Crippen LogP contribution in [0.3, 0.4) is 0 Å². The normalized spacial score (nSPS) is 15.3. The molecule has 17 nitrogen and oxygen atoms in total. The molecular formula is C75H95Cl2N5O12S4. The summed E-state index contributed by atoms with van der Waals surface area (Å²) in [6, 6.07) is 36.4. The van der Waals surface area contributed by atoms with Crippen molar-refractivity contribution < 1.29 is 57.0 Å². The zero-order chi connectivity index (χ0) is 69.6. The number of fused-ring (bicyclic) bond motifs is 8. The Bertz CT molecular complexity index is 3620. The number of benzene rings is 6. The topological polar surface area (TPSA) is 152 Å². The number of para-hydroxylation sites is 2. The number of halogens is 2. The molecule has 530 valence electrons. The molecule has 4 aliphatic rings. The number of aliphatic imine (C=N–C) groups is 1. The van der Waals surface area contributed by atoms with Gasteiger partial charge >= 0.3 is 0 Å². The Kier molecular flexibility index (Phi) is 29.7. The van der Waals surface area contributed by atoms with Gasteiger partial charge in [0.15, 0.2) is 23.0 Å². The second kappa shape index (κ2) is 37.9. The number of amides is 2. The first-order chi connectivity index (χ1) is 47.5. The van der Waals surface area contributed by atoms with Crippen molar-refractivity contribution in [2.45, 2.75) is 99.9 Å². The molecule has 0 saturated carbocycles. The van der Waals surface area contributed by atoms with Crippen molar-refractivity contribution >= 4 is 113 Å². The van der Waals surface area contributed by atoms with E-state index in [0.717, 1.165) is 101 Å². The van der Waals surface area contributed by atoms with E-state index in [-0.39, 0.29) is 40.0 Å². The number of hydrogen-bond donors (Lipinski definition) is 0. The summed E-state index contributed by atoms with van der Waals surface area (Å²) in [5, 5.41) is 0. The lowest BCUT2D eigenvalue weighted by molar-refractivity contribution is 0.0264. The van der Waals surface area contributed by atoms with Gasteiger partial charge < -0.3 is 62.1 Å². The Morgan fingerprint density at radius 2 is 0.980 bits per heavy atom. The van der Waals surface area contributed by atoms with E-state index in [4.69, 9.17) is 75.6 Å². The maximum absolute atomic E-state index is 13.9. The number of hydrogen-bond acceptors (Lipinski definition) is 19. The molecule has 6 aromatic carbocycles. The molecule has 10 rings (SSSR count). The molecule has 0 fully saturated rings. The van der Waals surface area contributed by atoms with Crippen molar-refractivity contribution in [3.63, 3.8) is 0 Å². The van der Waals surface area contributed by atoms with Crippen LogP contribution < -0.4 is 38.5 Å². The van der Waals surface area contributed by atoms with Gasteiger partial charge in [0.2, 0.25) is 0 Å². The average Bonchev–Trinajstić information content (AvgIpc) is 1.61. The molecule has 6 aromatic rings. The molecule has 0 bridgehead atoms. The Morgan fingerprint density at radius 1 is 0.520 bits per heavy atom. The van der Waals surface area contributed by atoms with Crippen LogP contribution in [0.5, 0.6) is 23.0 Å². The van der Waals surface area contributed by atoms with Crippen LogP contribution in [-0.2, 0) is 72.7 Å². The van der Waals surface area contributed by atoms with Gasteiger partial charge in [-0.05, 0) is 153 Å². The van der Waals surface area contributed by atoms with Crippen molar-refractivity contribution in [1.82, 2.24) is 0 Å². The predicted molar refractivity (Wildman–Crippen MR) is 406 cm³/mol. The number of carbonyl (C=O) groups excluding carboxylic acids is 2. The summed E-state index contributed by atoms with van der Waals surface area (Å²) in [7, 11) is 13.8. The first-order valence-electron chi connectivity index (χ1n) is 33.2. The van der Waals surface area contributed by atoms with E-state index in [2.05, 4.69) is 98.5 Å². The van der Waals surface area contributed by atoms with Crippen LogP contribution in [0.15, 0.2) is 114 Å². The van der Waals surface area contributed by atoms with Crippen LogP contribution in [0.2, 0.25) is 0 Å². The van der Waals surface area contributed by atoms with Crippen molar-refractivity contribution in [3.8, 4) is 23.0 Å². The highest BCUT2D eigenvalue weighted by Crippen LogP contribution is 2.44. The van der Waals surface area contributed by atoms with Gasteiger partial charge in [0.25, 0.3) is 11.8 Å². The smallest absolute Gasteiger partial charge is 0.261 e. The van der Waals surface area contributed by atoms with Crippen LogP contribution in [-0.4, -0.2) is 173 Å². The number of nitrogens with zero attached hydrogens (tertiary/aromatic N) is 5. The second-order valence-corrected chi connectivity index (χ2v) is 32.1. The van der Waals surface area contributed by atoms with Gasteiger partial charge in [0, 0.05) is 115 Å². The van der Waals surface area contributed by atoms with Crippen LogP contribution in [0.25, 0.3) is 0 Å². The SMILES string of the molecule is COCCOCCOCCN(CC(C)(C)SSC)c1cc(CCl)cc(COc2cc3c(cc2OC)C(=O)N2c4ccccc4C[C@H]2C=N3)c1.COCCOCCOCCN(CC(C)(C)SSC)c1cc(CCl)cc(COc2cc3c(cc2OC)C(=O)N2c4ccccc4C[C@H]2CC3)c1. The maximum atomic E-state index is 13.9. The molecular weight excluding hydrogens is 1360 g/mol. The van der Waals surface area contributed by atoms with Gasteiger partial charge in [-0.3, -0.25) is 19.5 Å². The van der Waals surface area contributed by atoms with E-state index in [0.29, 0.717) is 131 Å². The number of anilines is 4. The molecule has 0 unspecified atom stereocenters. The summed E-state index contributed by atoms with van der Waals surface area (Å²) >= 11 is 12.8. The van der Waals surface area contributed by atoms with Gasteiger partial charge in [0.05, 0.1) is 97.6 Å². The van der Waals surface area contributed by atoms with Crippen LogP contribution >= 0.6 is 66.4 Å². The molecule has 0 saturated heterocycles. The highest BCUT2D eigenvalue weighted by Gasteiger charge is 2.39. The van der Waals surface area contributed by atoms with Crippen molar-refractivity contribution in [1.29, 1.82) is 0 Å². The number of methoxy groups -OCH3 is 4. The fraction of sp³-hybridized carbons (Fsp3) is 0.480. The van der Waals surface area contributed by atoms with Gasteiger partial charge in [0.1, 0.15) is 13.2 Å². The van der Waals surface area contributed by atoms with E-state index in [9.17, 15) is 9.59 Å². The Balaban J connectivity index is 0.000000229. The first-order valence-corrected chi connectivity index (χ1v) is 39.4. The zero-order valence-corrected chi connectivity index (χ0v) is 63.0. The zero-order valence-electron chi connectivity index (χ0n) is 58.2. The summed E-state index contributed by atoms with van der Waals surface area (Å²) in [4.78, 5) is 41.0. The Labute approximate surface area is 605 Å². The molecule has 98 heavy (non-hydrogen) atoms. The molecule has 0 aliphatic carbocycles. The molecule has 0 radical (unpaired) electrons. The lowest BCUT2D eigenvalue weighted by Gasteiger charge is -2.34. The highest BCUT2D eigenvalue weighted by atomic mass is 35.5. The Hall–Kier alpha value is -5.53. The van der Waals surface area contributed by atoms with Crippen molar-refractivity contribution in [2.75, 3.05) is 153 Å². The number of carbonyl (C=O) groups is 2. The quantitative estimate of drug-likeness (QED) is 0.0205. The van der Waals surface area contributed by atoms with E-state index >= 15 is 0 Å². The lowest BCUT2D eigenvalue weighted by atomic mass is 9.99. The van der Waals surface area contributed by atoms with Crippen LogP contribution in [0.4, 0.5) is 28.4 Å². The van der Waals surface area contributed by atoms with Crippen molar-refractivity contribution in [2.24, 2.45) is 4.99 Å². The third-order valence-corrected chi connectivity index (χ3v) is 22.9. The summed E-state index contributed by atoms with van der Waals surface area (Å²) in [5.41, 5.74) is 13.1. The molecule has 23 heteroatoms. The molecule has 0 N–H and O–H groups in total. The van der Waals surface area contributed by atoms with Crippen LogP contribution in [0.1, 0.15) is 93.8 Å². The minimum Gasteiger partial charge on any atom is -0.493 e. The van der Waals surface area contributed by atoms with Gasteiger partial charge in [-0.25, -0.2) is 0 Å². The Morgan fingerprint density at radius 3 is 1.49 bits per heavy atom. The molecule has 4 heterocycles. The number of rotatable bonds is 38. The minimum absolute atomic E-state index is 0.0000982.